The van der Waals surface area contributed by atoms with Crippen LogP contribution in [-0.2, 0) is 14.8 Å². The fourth-order valence-electron chi connectivity index (χ4n) is 1.52. The average molecular weight is 410 g/mol. The van der Waals surface area contributed by atoms with Crippen molar-refractivity contribution < 1.29 is 13.2 Å². The van der Waals surface area contributed by atoms with Crippen molar-refractivity contribution in [2.75, 3.05) is 10.0 Å². The molecule has 1 heterocycles. The number of amides is 1. The standard InChI is InChI=1S/C12H10BrClN2O3S2/c1-7(17)15-10-3-2-8(6-9(10)14)16-21(18,19)12-5-4-11(13)20-12/h2-6,16H,1H3,(H,15,17). The smallest absolute Gasteiger partial charge is 0.271 e. The van der Waals surface area contributed by atoms with Crippen LogP contribution in [0.15, 0.2) is 38.3 Å². The van der Waals surface area contributed by atoms with Crippen molar-refractivity contribution in [1.29, 1.82) is 0 Å². The summed E-state index contributed by atoms with van der Waals surface area (Å²) in [5, 5.41) is 2.79. The predicted octanol–water partition coefficient (Wildman–Crippen LogP) is 3.92. The van der Waals surface area contributed by atoms with E-state index in [1.165, 1.54) is 31.2 Å². The molecule has 0 fully saturated rings. The largest absolute Gasteiger partial charge is 0.325 e. The molecule has 1 amide bonds. The van der Waals surface area contributed by atoms with Gasteiger partial charge in [0.15, 0.2) is 0 Å². The Balaban J connectivity index is 2.24. The molecule has 0 radical (unpaired) electrons. The van der Waals surface area contributed by atoms with Crippen LogP contribution in [0, 0.1) is 0 Å². The van der Waals surface area contributed by atoms with Crippen molar-refractivity contribution in [3.63, 3.8) is 0 Å². The van der Waals surface area contributed by atoms with Crippen LogP contribution in [0.25, 0.3) is 0 Å². The van der Waals surface area contributed by atoms with Gasteiger partial charge in [0.2, 0.25) is 5.91 Å². The van der Waals surface area contributed by atoms with E-state index in [1.807, 2.05) is 0 Å². The Bertz CT molecular complexity index is 790. The van der Waals surface area contributed by atoms with Crippen LogP contribution in [0.2, 0.25) is 5.02 Å². The zero-order valence-corrected chi connectivity index (χ0v) is 14.7. The molecule has 5 nitrogen and oxygen atoms in total. The highest BCUT2D eigenvalue weighted by Crippen LogP contribution is 2.30. The molecule has 2 rings (SSSR count). The van der Waals surface area contributed by atoms with Gasteiger partial charge in [0.25, 0.3) is 10.0 Å². The molecular weight excluding hydrogens is 400 g/mol. The minimum Gasteiger partial charge on any atom is -0.325 e. The van der Waals surface area contributed by atoms with E-state index in [0.29, 0.717) is 11.4 Å². The Morgan fingerprint density at radius 1 is 1.29 bits per heavy atom. The van der Waals surface area contributed by atoms with Crippen LogP contribution in [-0.4, -0.2) is 14.3 Å². The minimum absolute atomic E-state index is 0.191. The molecule has 2 aromatic rings. The van der Waals surface area contributed by atoms with Crippen LogP contribution < -0.4 is 10.0 Å². The lowest BCUT2D eigenvalue weighted by atomic mass is 10.3. The molecule has 0 aliphatic heterocycles. The van der Waals surface area contributed by atoms with E-state index in [9.17, 15) is 13.2 Å². The maximum absolute atomic E-state index is 12.2. The van der Waals surface area contributed by atoms with Gasteiger partial charge in [0, 0.05) is 6.92 Å². The fraction of sp³-hybridized carbons (Fsp3) is 0.0833. The Morgan fingerprint density at radius 3 is 2.52 bits per heavy atom. The SMILES string of the molecule is CC(=O)Nc1ccc(NS(=O)(=O)c2ccc(Br)s2)cc1Cl. The van der Waals surface area contributed by atoms with E-state index >= 15 is 0 Å². The lowest BCUT2D eigenvalue weighted by Gasteiger charge is -2.09. The number of hydrogen-bond acceptors (Lipinski definition) is 4. The summed E-state index contributed by atoms with van der Waals surface area (Å²) in [6.45, 7) is 1.36. The third kappa shape index (κ3) is 4.19. The first-order valence-corrected chi connectivity index (χ1v) is 9.10. The van der Waals surface area contributed by atoms with Crippen LogP contribution in [0.5, 0.6) is 0 Å². The third-order valence-electron chi connectivity index (χ3n) is 2.35. The van der Waals surface area contributed by atoms with Gasteiger partial charge in [-0.05, 0) is 46.3 Å². The van der Waals surface area contributed by atoms with Crippen molar-refractivity contribution in [3.05, 3.63) is 39.1 Å². The van der Waals surface area contributed by atoms with Crippen molar-refractivity contribution in [1.82, 2.24) is 0 Å². The van der Waals surface area contributed by atoms with Gasteiger partial charge in [-0.1, -0.05) is 11.6 Å². The number of sulfonamides is 1. The summed E-state index contributed by atoms with van der Waals surface area (Å²) in [6, 6.07) is 7.66. The Kier molecular flexibility index (Phi) is 4.92. The predicted molar refractivity (Wildman–Crippen MR) is 88.6 cm³/mol. The normalized spacial score (nSPS) is 11.2. The van der Waals surface area contributed by atoms with E-state index in [-0.39, 0.29) is 15.1 Å². The molecule has 0 bridgehead atoms. The van der Waals surface area contributed by atoms with Gasteiger partial charge in [0.1, 0.15) is 4.21 Å². The van der Waals surface area contributed by atoms with Crippen LogP contribution >= 0.6 is 38.9 Å². The number of anilines is 2. The van der Waals surface area contributed by atoms with Gasteiger partial charge in [-0.3, -0.25) is 9.52 Å². The van der Waals surface area contributed by atoms with Crippen molar-refractivity contribution in [2.24, 2.45) is 0 Å². The molecule has 0 spiro atoms. The van der Waals surface area contributed by atoms with Crippen LogP contribution in [0.1, 0.15) is 6.92 Å². The number of benzene rings is 1. The monoisotopic (exact) mass is 408 g/mol. The Hall–Kier alpha value is -1.09. The minimum atomic E-state index is -3.65. The molecule has 112 valence electrons. The molecule has 9 heteroatoms. The molecule has 0 unspecified atom stereocenters. The first-order chi connectivity index (χ1) is 9.78. The molecule has 0 saturated heterocycles. The average Bonchev–Trinajstić information content (AvgIpc) is 2.79. The van der Waals surface area contributed by atoms with E-state index in [1.54, 1.807) is 6.07 Å². The molecule has 0 atom stereocenters. The number of carbonyl (C=O) groups excluding carboxylic acids is 1. The van der Waals surface area contributed by atoms with Gasteiger partial charge in [-0.2, -0.15) is 0 Å². The van der Waals surface area contributed by atoms with Gasteiger partial charge >= 0.3 is 0 Å². The summed E-state index contributed by atoms with van der Waals surface area (Å²) < 4.78 is 27.7. The topological polar surface area (TPSA) is 75.3 Å². The zero-order valence-electron chi connectivity index (χ0n) is 10.7. The highest BCUT2D eigenvalue weighted by Gasteiger charge is 2.17. The second-order valence-electron chi connectivity index (χ2n) is 4.04. The van der Waals surface area contributed by atoms with E-state index in [4.69, 9.17) is 11.6 Å². The quantitative estimate of drug-likeness (QED) is 0.803. The second-order valence-corrected chi connectivity index (χ2v) is 8.82. The summed E-state index contributed by atoms with van der Waals surface area (Å²) in [5.74, 6) is -0.256. The first-order valence-electron chi connectivity index (χ1n) is 5.63. The summed E-state index contributed by atoms with van der Waals surface area (Å²) in [6.07, 6.45) is 0. The van der Waals surface area contributed by atoms with Gasteiger partial charge < -0.3 is 5.32 Å². The van der Waals surface area contributed by atoms with Crippen molar-refractivity contribution in [2.45, 2.75) is 11.1 Å². The van der Waals surface area contributed by atoms with Gasteiger partial charge in [0.05, 0.1) is 20.2 Å². The number of rotatable bonds is 4. The summed E-state index contributed by atoms with van der Waals surface area (Å²) in [7, 11) is -3.65. The lowest BCUT2D eigenvalue weighted by molar-refractivity contribution is -0.114. The lowest BCUT2D eigenvalue weighted by Crippen LogP contribution is -2.12. The highest BCUT2D eigenvalue weighted by molar-refractivity contribution is 9.11. The van der Waals surface area contributed by atoms with Gasteiger partial charge in [-0.25, -0.2) is 8.42 Å². The number of thiophene rings is 1. The molecule has 2 N–H and O–H groups in total. The van der Waals surface area contributed by atoms with E-state index in [0.717, 1.165) is 15.1 Å². The molecule has 0 saturated carbocycles. The summed E-state index contributed by atoms with van der Waals surface area (Å²) in [4.78, 5) is 11.0. The first kappa shape index (κ1) is 16.3. The number of nitrogens with one attached hydrogen (secondary N) is 2. The van der Waals surface area contributed by atoms with Crippen LogP contribution in [0.3, 0.4) is 0 Å². The molecule has 1 aromatic carbocycles. The molecule has 0 aliphatic carbocycles. The van der Waals surface area contributed by atoms with Crippen LogP contribution in [0.4, 0.5) is 11.4 Å². The Morgan fingerprint density at radius 2 is 2.00 bits per heavy atom. The second kappa shape index (κ2) is 6.35. The number of hydrogen-bond donors (Lipinski definition) is 2. The molecule has 21 heavy (non-hydrogen) atoms. The van der Waals surface area contributed by atoms with E-state index in [2.05, 4.69) is 26.0 Å². The Labute approximate surface area is 139 Å². The van der Waals surface area contributed by atoms with Crippen molar-refractivity contribution in [3.8, 4) is 0 Å². The summed E-state index contributed by atoms with van der Waals surface area (Å²) in [5.41, 5.74) is 0.740. The van der Waals surface area contributed by atoms with Crippen molar-refractivity contribution >= 4 is 66.2 Å². The number of carbonyl (C=O) groups is 1. The molecular formula is C12H10BrClN2O3S2. The maximum atomic E-state index is 12.2. The zero-order chi connectivity index (χ0) is 15.6. The molecule has 1 aromatic heterocycles. The van der Waals surface area contributed by atoms with E-state index < -0.39 is 10.0 Å². The maximum Gasteiger partial charge on any atom is 0.271 e. The highest BCUT2D eigenvalue weighted by atomic mass is 79.9. The van der Waals surface area contributed by atoms with Gasteiger partial charge in [-0.15, -0.1) is 11.3 Å². The number of halogens is 2. The summed E-state index contributed by atoms with van der Waals surface area (Å²) >= 11 is 10.3. The fourth-order valence-corrected chi connectivity index (χ4v) is 4.80. The third-order valence-corrected chi connectivity index (χ3v) is 6.15. The molecule has 0 aliphatic rings.